The lowest BCUT2D eigenvalue weighted by molar-refractivity contribution is 0.177. The van der Waals surface area contributed by atoms with Crippen molar-refractivity contribution < 1.29 is 13.6 Å². The highest BCUT2D eigenvalue weighted by atomic mass is 16.6. The van der Waals surface area contributed by atoms with Crippen molar-refractivity contribution in [3.05, 3.63) is 34.5 Å². The maximum atomic E-state index is 10.5. The van der Waals surface area contributed by atoms with E-state index in [1.807, 2.05) is 0 Å². The predicted octanol–water partition coefficient (Wildman–Crippen LogP) is 1.59. The van der Waals surface area contributed by atoms with Gasteiger partial charge in [-0.2, -0.15) is 0 Å². The van der Waals surface area contributed by atoms with Crippen LogP contribution in [0.3, 0.4) is 0 Å². The predicted molar refractivity (Wildman–Crippen MR) is 41.6 cm³/mol. The third-order valence-corrected chi connectivity index (χ3v) is 1.29. The van der Waals surface area contributed by atoms with Crippen molar-refractivity contribution in [1.82, 2.24) is 0 Å². The Hall–Kier alpha value is -1.45. The van der Waals surface area contributed by atoms with Crippen LogP contribution >= 0.6 is 0 Å². The highest BCUT2D eigenvalue weighted by Crippen LogP contribution is 2.07. The molecular formula is C8H10O4. The second-order valence-electron chi connectivity index (χ2n) is 2.42. The van der Waals surface area contributed by atoms with E-state index in [4.69, 9.17) is 4.74 Å². The maximum Gasteiger partial charge on any atom is 0.519 e. The van der Waals surface area contributed by atoms with Crippen molar-refractivity contribution >= 4 is 0 Å². The summed E-state index contributed by atoms with van der Waals surface area (Å²) < 4.78 is 14.3. The highest BCUT2D eigenvalue weighted by Gasteiger charge is 2.07. The first-order valence-electron chi connectivity index (χ1n) is 3.47. The summed E-state index contributed by atoms with van der Waals surface area (Å²) in [7, 11) is 0. The average molecular weight is 170 g/mol. The Morgan fingerprint density at radius 3 is 2.67 bits per heavy atom. The summed E-state index contributed by atoms with van der Waals surface area (Å²) in [4.78, 5) is 10.5. The van der Waals surface area contributed by atoms with Crippen LogP contribution in [-0.4, -0.2) is 0 Å². The molecule has 66 valence electrons. The third-order valence-electron chi connectivity index (χ3n) is 1.29. The smallest absolute Gasteiger partial charge is 0.491 e. The Morgan fingerprint density at radius 1 is 1.58 bits per heavy atom. The SMILES string of the molecule is C=C(C)OCc1oc(=O)oc1C. The molecule has 0 saturated carbocycles. The lowest BCUT2D eigenvalue weighted by Crippen LogP contribution is -1.90. The lowest BCUT2D eigenvalue weighted by Gasteiger charge is -2.00. The zero-order chi connectivity index (χ0) is 9.14. The molecule has 0 N–H and O–H groups in total. The molecule has 0 saturated heterocycles. The van der Waals surface area contributed by atoms with Crippen LogP contribution in [0.4, 0.5) is 0 Å². The van der Waals surface area contributed by atoms with Crippen LogP contribution in [0.1, 0.15) is 18.4 Å². The number of ether oxygens (including phenoxy) is 1. The van der Waals surface area contributed by atoms with Gasteiger partial charge >= 0.3 is 5.82 Å². The Balaban J connectivity index is 2.69. The van der Waals surface area contributed by atoms with Gasteiger partial charge in [0.25, 0.3) is 0 Å². The van der Waals surface area contributed by atoms with E-state index in [9.17, 15) is 4.79 Å². The second kappa shape index (κ2) is 3.30. The molecule has 0 aromatic carbocycles. The van der Waals surface area contributed by atoms with Gasteiger partial charge in [-0.05, 0) is 13.8 Å². The summed E-state index contributed by atoms with van der Waals surface area (Å²) in [6, 6.07) is 0. The molecule has 0 aliphatic carbocycles. The van der Waals surface area contributed by atoms with Gasteiger partial charge in [-0.15, -0.1) is 0 Å². The Labute approximate surface area is 69.4 Å². The summed E-state index contributed by atoms with van der Waals surface area (Å²) in [5.41, 5.74) is 0. The highest BCUT2D eigenvalue weighted by molar-refractivity contribution is 4.99. The normalized spacial score (nSPS) is 9.83. The van der Waals surface area contributed by atoms with Crippen molar-refractivity contribution in [3.63, 3.8) is 0 Å². The van der Waals surface area contributed by atoms with Crippen LogP contribution < -0.4 is 5.82 Å². The molecule has 0 aliphatic heterocycles. The van der Waals surface area contributed by atoms with Crippen molar-refractivity contribution in [1.29, 1.82) is 0 Å². The van der Waals surface area contributed by atoms with E-state index in [0.29, 0.717) is 17.3 Å². The van der Waals surface area contributed by atoms with Gasteiger partial charge in [-0.25, -0.2) is 4.79 Å². The summed E-state index contributed by atoms with van der Waals surface area (Å²) in [5, 5.41) is 0. The summed E-state index contributed by atoms with van der Waals surface area (Å²) in [6.45, 7) is 7.08. The Kier molecular flexibility index (Phi) is 2.38. The molecule has 0 atom stereocenters. The summed E-state index contributed by atoms with van der Waals surface area (Å²) >= 11 is 0. The van der Waals surface area contributed by atoms with E-state index in [2.05, 4.69) is 15.4 Å². The molecule has 4 nitrogen and oxygen atoms in total. The zero-order valence-corrected chi connectivity index (χ0v) is 7.05. The standard InChI is InChI=1S/C8H10O4/c1-5(2)10-4-7-6(3)11-8(9)12-7/h1,4H2,2-3H3. The molecule has 0 bridgehead atoms. The van der Waals surface area contributed by atoms with Crippen LogP contribution in [0.25, 0.3) is 0 Å². The van der Waals surface area contributed by atoms with Crippen molar-refractivity contribution in [3.8, 4) is 0 Å². The van der Waals surface area contributed by atoms with Gasteiger partial charge in [0.1, 0.15) is 6.61 Å². The fraction of sp³-hybridized carbons (Fsp3) is 0.375. The zero-order valence-electron chi connectivity index (χ0n) is 7.05. The monoisotopic (exact) mass is 170 g/mol. The van der Waals surface area contributed by atoms with Gasteiger partial charge in [0.2, 0.25) is 0 Å². The second-order valence-corrected chi connectivity index (χ2v) is 2.42. The van der Waals surface area contributed by atoms with Gasteiger partial charge in [0.15, 0.2) is 11.5 Å². The van der Waals surface area contributed by atoms with E-state index >= 15 is 0 Å². The first kappa shape index (κ1) is 8.64. The number of allylic oxidation sites excluding steroid dienone is 1. The molecule has 12 heavy (non-hydrogen) atoms. The molecule has 1 heterocycles. The van der Waals surface area contributed by atoms with Crippen LogP contribution in [-0.2, 0) is 11.3 Å². The first-order valence-corrected chi connectivity index (χ1v) is 3.47. The molecule has 0 radical (unpaired) electrons. The van der Waals surface area contributed by atoms with E-state index in [-0.39, 0.29) is 6.61 Å². The fourth-order valence-electron chi connectivity index (χ4n) is 0.695. The lowest BCUT2D eigenvalue weighted by atomic mass is 10.4. The molecule has 4 heteroatoms. The van der Waals surface area contributed by atoms with Gasteiger partial charge in [0.05, 0.1) is 5.76 Å². The van der Waals surface area contributed by atoms with Gasteiger partial charge < -0.3 is 13.6 Å². The number of rotatable bonds is 3. The minimum Gasteiger partial charge on any atom is -0.491 e. The van der Waals surface area contributed by atoms with Crippen LogP contribution in [0.5, 0.6) is 0 Å². The average Bonchev–Trinajstić information content (AvgIpc) is 2.26. The van der Waals surface area contributed by atoms with Crippen LogP contribution in [0.15, 0.2) is 26.0 Å². The van der Waals surface area contributed by atoms with E-state index in [1.165, 1.54) is 0 Å². The summed E-state index contributed by atoms with van der Waals surface area (Å²) in [6.07, 6.45) is 0. The van der Waals surface area contributed by atoms with Gasteiger partial charge in [0, 0.05) is 0 Å². The Bertz CT molecular complexity index is 331. The van der Waals surface area contributed by atoms with E-state index in [1.54, 1.807) is 13.8 Å². The number of hydrogen-bond acceptors (Lipinski definition) is 4. The molecule has 0 unspecified atom stereocenters. The molecule has 0 amide bonds. The quantitative estimate of drug-likeness (QED) is 0.646. The summed E-state index contributed by atoms with van der Waals surface area (Å²) in [5.74, 6) is 0.718. The molecule has 0 spiro atoms. The molecule has 0 fully saturated rings. The molecule has 1 aromatic rings. The molecular weight excluding hydrogens is 160 g/mol. The molecule has 1 rings (SSSR count). The van der Waals surface area contributed by atoms with E-state index in [0.717, 1.165) is 0 Å². The van der Waals surface area contributed by atoms with Gasteiger partial charge in [-0.1, -0.05) is 6.58 Å². The fourth-order valence-corrected chi connectivity index (χ4v) is 0.695. The molecule has 1 aromatic heterocycles. The van der Waals surface area contributed by atoms with Crippen LogP contribution in [0, 0.1) is 6.92 Å². The molecule has 0 aliphatic rings. The van der Waals surface area contributed by atoms with Gasteiger partial charge in [-0.3, -0.25) is 0 Å². The number of aryl methyl sites for hydroxylation is 1. The van der Waals surface area contributed by atoms with Crippen LogP contribution in [0.2, 0.25) is 0 Å². The largest absolute Gasteiger partial charge is 0.519 e. The number of hydrogen-bond donors (Lipinski definition) is 0. The van der Waals surface area contributed by atoms with Crippen molar-refractivity contribution in [2.45, 2.75) is 20.5 Å². The van der Waals surface area contributed by atoms with Crippen molar-refractivity contribution in [2.24, 2.45) is 0 Å². The maximum absolute atomic E-state index is 10.5. The minimum atomic E-state index is -0.701. The Morgan fingerprint density at radius 2 is 2.25 bits per heavy atom. The minimum absolute atomic E-state index is 0.187. The first-order chi connectivity index (χ1) is 5.59. The van der Waals surface area contributed by atoms with Crippen molar-refractivity contribution in [2.75, 3.05) is 0 Å². The van der Waals surface area contributed by atoms with E-state index < -0.39 is 5.82 Å². The third kappa shape index (κ3) is 2.02. The topological polar surface area (TPSA) is 52.6 Å².